The molecule has 1 aromatic carbocycles. The highest BCUT2D eigenvalue weighted by molar-refractivity contribution is 6.31. The molecule has 1 aromatic rings. The number of nitrogens with zero attached hydrogens (tertiary/aromatic N) is 2. The van der Waals surface area contributed by atoms with Gasteiger partial charge in [0, 0.05) is 18.6 Å². The lowest BCUT2D eigenvalue weighted by molar-refractivity contribution is -0.131. The molecular formula is C17H23ClN2O. The number of rotatable bonds is 3. The van der Waals surface area contributed by atoms with Crippen molar-refractivity contribution in [2.75, 3.05) is 26.7 Å². The number of amides is 1. The monoisotopic (exact) mass is 306 g/mol. The topological polar surface area (TPSA) is 23.6 Å². The number of likely N-dealkylation sites (tertiary alicyclic amines) is 2. The van der Waals surface area contributed by atoms with Crippen molar-refractivity contribution in [3.05, 3.63) is 34.9 Å². The molecule has 1 amide bonds. The molecule has 2 atom stereocenters. The molecule has 0 aromatic heterocycles. The summed E-state index contributed by atoms with van der Waals surface area (Å²) in [6.07, 6.45) is 4.75. The van der Waals surface area contributed by atoms with Crippen molar-refractivity contribution in [1.82, 2.24) is 9.80 Å². The molecule has 21 heavy (non-hydrogen) atoms. The summed E-state index contributed by atoms with van der Waals surface area (Å²) < 4.78 is 0. The van der Waals surface area contributed by atoms with Gasteiger partial charge in [0.05, 0.1) is 12.0 Å². The van der Waals surface area contributed by atoms with E-state index in [4.69, 9.17) is 11.6 Å². The average molecular weight is 307 g/mol. The van der Waals surface area contributed by atoms with E-state index in [0.717, 1.165) is 36.6 Å². The van der Waals surface area contributed by atoms with E-state index in [9.17, 15) is 4.79 Å². The third-order valence-corrected chi connectivity index (χ3v) is 5.21. The molecule has 114 valence electrons. The number of carbonyl (C=O) groups is 1. The van der Waals surface area contributed by atoms with Crippen molar-refractivity contribution in [3.8, 4) is 0 Å². The molecule has 3 nitrogen and oxygen atoms in total. The highest BCUT2D eigenvalue weighted by atomic mass is 35.5. The van der Waals surface area contributed by atoms with Gasteiger partial charge in [-0.2, -0.15) is 0 Å². The molecule has 4 heteroatoms. The lowest BCUT2D eigenvalue weighted by Crippen LogP contribution is -2.36. The Balaban J connectivity index is 1.71. The van der Waals surface area contributed by atoms with Crippen LogP contribution in [0.15, 0.2) is 24.3 Å². The van der Waals surface area contributed by atoms with Gasteiger partial charge in [0.15, 0.2) is 0 Å². The van der Waals surface area contributed by atoms with E-state index >= 15 is 0 Å². The van der Waals surface area contributed by atoms with Crippen LogP contribution in [0.1, 0.15) is 37.3 Å². The molecule has 0 spiro atoms. The molecule has 0 radical (unpaired) electrons. The van der Waals surface area contributed by atoms with Gasteiger partial charge in [-0.15, -0.1) is 0 Å². The lowest BCUT2D eigenvalue weighted by atomic mass is 9.98. The minimum atomic E-state index is 0.120. The van der Waals surface area contributed by atoms with Crippen LogP contribution in [0, 0.1) is 5.92 Å². The fraction of sp³-hybridized carbons (Fsp3) is 0.588. The summed E-state index contributed by atoms with van der Waals surface area (Å²) in [5, 5.41) is 0.765. The highest BCUT2D eigenvalue weighted by Crippen LogP contribution is 2.38. The van der Waals surface area contributed by atoms with Gasteiger partial charge >= 0.3 is 0 Å². The Hall–Kier alpha value is -1.06. The van der Waals surface area contributed by atoms with Crippen molar-refractivity contribution in [3.63, 3.8) is 0 Å². The van der Waals surface area contributed by atoms with Crippen LogP contribution in [-0.2, 0) is 4.79 Å². The highest BCUT2D eigenvalue weighted by Gasteiger charge is 2.39. The SMILES string of the molecule is CN1C(=O)[C@@H](CN2CCCCC2)C[C@H]1c1ccccc1Cl. The van der Waals surface area contributed by atoms with E-state index in [-0.39, 0.29) is 17.9 Å². The number of halogens is 1. The Morgan fingerprint density at radius 1 is 1.19 bits per heavy atom. The average Bonchev–Trinajstić information content (AvgIpc) is 2.77. The molecule has 0 aliphatic carbocycles. The molecule has 2 saturated heterocycles. The molecular weight excluding hydrogens is 284 g/mol. The third-order valence-electron chi connectivity index (χ3n) is 4.86. The second-order valence-electron chi connectivity index (χ2n) is 6.28. The number of hydrogen-bond acceptors (Lipinski definition) is 2. The molecule has 0 unspecified atom stereocenters. The maximum Gasteiger partial charge on any atom is 0.227 e. The van der Waals surface area contributed by atoms with E-state index in [0.29, 0.717) is 0 Å². The second kappa shape index (κ2) is 6.37. The standard InChI is InChI=1S/C17H23ClN2O/c1-19-16(14-7-3-4-8-15(14)18)11-13(17(19)21)12-20-9-5-2-6-10-20/h3-4,7-8,13,16H,2,5-6,9-12H2,1H3/t13-,16+/m1/s1. The van der Waals surface area contributed by atoms with Crippen molar-refractivity contribution in [2.45, 2.75) is 31.7 Å². The van der Waals surface area contributed by atoms with Crippen molar-refractivity contribution < 1.29 is 4.79 Å². The fourth-order valence-electron chi connectivity index (χ4n) is 3.66. The Morgan fingerprint density at radius 3 is 2.62 bits per heavy atom. The first-order chi connectivity index (χ1) is 10.2. The quantitative estimate of drug-likeness (QED) is 0.855. The van der Waals surface area contributed by atoms with Crippen molar-refractivity contribution in [2.24, 2.45) is 5.92 Å². The molecule has 0 saturated carbocycles. The largest absolute Gasteiger partial charge is 0.338 e. The molecule has 2 heterocycles. The summed E-state index contributed by atoms with van der Waals surface area (Å²) in [4.78, 5) is 16.9. The molecule has 3 rings (SSSR count). The van der Waals surface area contributed by atoms with Crippen LogP contribution in [-0.4, -0.2) is 42.4 Å². The zero-order chi connectivity index (χ0) is 14.8. The third kappa shape index (κ3) is 3.09. The van der Waals surface area contributed by atoms with Crippen LogP contribution in [0.3, 0.4) is 0 Å². The summed E-state index contributed by atoms with van der Waals surface area (Å²) in [6, 6.07) is 8.01. The Kier molecular flexibility index (Phi) is 4.51. The predicted octanol–water partition coefficient (Wildman–Crippen LogP) is 3.35. The van der Waals surface area contributed by atoms with Gasteiger partial charge in [-0.1, -0.05) is 36.2 Å². The van der Waals surface area contributed by atoms with E-state index in [1.165, 1.54) is 19.3 Å². The van der Waals surface area contributed by atoms with Crippen molar-refractivity contribution >= 4 is 17.5 Å². The summed E-state index contributed by atoms with van der Waals surface area (Å²) in [5.41, 5.74) is 1.08. The summed E-state index contributed by atoms with van der Waals surface area (Å²) in [6.45, 7) is 3.19. The van der Waals surface area contributed by atoms with Crippen LogP contribution < -0.4 is 0 Å². The van der Waals surface area contributed by atoms with Gasteiger partial charge in [0.2, 0.25) is 5.91 Å². The maximum atomic E-state index is 12.5. The summed E-state index contributed by atoms with van der Waals surface area (Å²) in [7, 11) is 1.91. The molecule has 2 aliphatic rings. The Labute approximate surface area is 131 Å². The first-order valence-electron chi connectivity index (χ1n) is 7.90. The molecule has 2 fully saturated rings. The zero-order valence-corrected chi connectivity index (χ0v) is 13.4. The van der Waals surface area contributed by atoms with E-state index in [2.05, 4.69) is 4.90 Å². The van der Waals surface area contributed by atoms with E-state index in [1.54, 1.807) is 0 Å². The van der Waals surface area contributed by atoms with Crippen LogP contribution in [0.5, 0.6) is 0 Å². The van der Waals surface area contributed by atoms with Gasteiger partial charge in [0.1, 0.15) is 0 Å². The number of hydrogen-bond donors (Lipinski definition) is 0. The Morgan fingerprint density at radius 2 is 1.90 bits per heavy atom. The van der Waals surface area contributed by atoms with E-state index in [1.807, 2.05) is 36.2 Å². The van der Waals surface area contributed by atoms with Gasteiger partial charge in [-0.25, -0.2) is 0 Å². The van der Waals surface area contributed by atoms with Crippen LogP contribution in [0.4, 0.5) is 0 Å². The number of benzene rings is 1. The van der Waals surface area contributed by atoms with E-state index < -0.39 is 0 Å². The summed E-state index contributed by atoms with van der Waals surface area (Å²) >= 11 is 6.31. The second-order valence-corrected chi connectivity index (χ2v) is 6.69. The number of piperidine rings is 1. The van der Waals surface area contributed by atoms with Gasteiger partial charge in [-0.05, 0) is 44.0 Å². The maximum absolute atomic E-state index is 12.5. The smallest absolute Gasteiger partial charge is 0.227 e. The van der Waals surface area contributed by atoms with Crippen LogP contribution >= 0.6 is 11.6 Å². The Bertz CT molecular complexity index is 513. The first kappa shape index (κ1) is 14.9. The minimum absolute atomic E-state index is 0.120. The van der Waals surface area contributed by atoms with Gasteiger partial charge in [0.25, 0.3) is 0 Å². The zero-order valence-electron chi connectivity index (χ0n) is 12.6. The predicted molar refractivity (Wildman–Crippen MR) is 85.4 cm³/mol. The lowest BCUT2D eigenvalue weighted by Gasteiger charge is -2.28. The van der Waals surface area contributed by atoms with Crippen LogP contribution in [0.25, 0.3) is 0 Å². The van der Waals surface area contributed by atoms with Gasteiger partial charge in [-0.3, -0.25) is 4.79 Å². The first-order valence-corrected chi connectivity index (χ1v) is 8.28. The minimum Gasteiger partial charge on any atom is -0.338 e. The number of carbonyl (C=O) groups excluding carboxylic acids is 1. The molecule has 0 N–H and O–H groups in total. The molecule has 0 bridgehead atoms. The van der Waals surface area contributed by atoms with Crippen LogP contribution in [0.2, 0.25) is 5.02 Å². The van der Waals surface area contributed by atoms with Crippen molar-refractivity contribution in [1.29, 1.82) is 0 Å². The summed E-state index contributed by atoms with van der Waals surface area (Å²) in [5.74, 6) is 0.389. The normalized spacial score (nSPS) is 27.3. The molecule has 2 aliphatic heterocycles. The fourth-order valence-corrected chi connectivity index (χ4v) is 3.92. The van der Waals surface area contributed by atoms with Gasteiger partial charge < -0.3 is 9.80 Å².